The van der Waals surface area contributed by atoms with Gasteiger partial charge in [-0.05, 0) is 6.07 Å². The highest BCUT2D eigenvalue weighted by Gasteiger charge is 2.10. The Morgan fingerprint density at radius 2 is 2.08 bits per heavy atom. The van der Waals surface area contributed by atoms with Crippen molar-refractivity contribution in [2.24, 2.45) is 0 Å². The molecular formula is C7H6N2O4. The Bertz CT molecular complexity index is 350. The lowest BCUT2D eigenvalue weighted by Crippen LogP contribution is -2.11. The highest BCUT2D eigenvalue weighted by Crippen LogP contribution is 2.12. The summed E-state index contributed by atoms with van der Waals surface area (Å²) in [6, 6.07) is 1.28. The van der Waals surface area contributed by atoms with Crippen molar-refractivity contribution < 1.29 is 19.8 Å². The van der Waals surface area contributed by atoms with Crippen molar-refractivity contribution in [2.45, 2.75) is 0 Å². The number of carboxylic acids is 1. The second-order valence-electron chi connectivity index (χ2n) is 2.16. The highest BCUT2D eigenvalue weighted by molar-refractivity contribution is 5.97. The van der Waals surface area contributed by atoms with E-state index < -0.39 is 12.1 Å². The average Bonchev–Trinajstić information content (AvgIpc) is 2.03. The predicted octanol–water partition coefficient (Wildman–Crippen LogP) is 0.870. The number of hydrogen-bond donors (Lipinski definition) is 3. The molecule has 0 spiro atoms. The molecule has 68 valence electrons. The van der Waals surface area contributed by atoms with E-state index in [9.17, 15) is 9.59 Å². The Labute approximate surface area is 72.8 Å². The fourth-order valence-electron chi connectivity index (χ4n) is 0.789. The van der Waals surface area contributed by atoms with E-state index in [2.05, 4.69) is 4.98 Å². The van der Waals surface area contributed by atoms with Gasteiger partial charge in [0.2, 0.25) is 0 Å². The monoisotopic (exact) mass is 182 g/mol. The number of pyridine rings is 1. The van der Waals surface area contributed by atoms with E-state index in [1.54, 1.807) is 0 Å². The van der Waals surface area contributed by atoms with Crippen molar-refractivity contribution >= 4 is 17.7 Å². The molecule has 0 saturated heterocycles. The van der Waals surface area contributed by atoms with Crippen LogP contribution in [0.25, 0.3) is 0 Å². The van der Waals surface area contributed by atoms with Gasteiger partial charge in [0.05, 0.1) is 5.69 Å². The molecule has 6 heteroatoms. The fourth-order valence-corrected chi connectivity index (χ4v) is 0.789. The second-order valence-corrected chi connectivity index (χ2v) is 2.16. The number of hydrogen-bond acceptors (Lipinski definition) is 3. The Kier molecular flexibility index (Phi) is 2.44. The topological polar surface area (TPSA) is 99.5 Å². The molecule has 13 heavy (non-hydrogen) atoms. The molecule has 1 amide bonds. The molecule has 1 rings (SSSR count). The number of nitrogens with one attached hydrogen (secondary N) is 1. The number of aromatic nitrogens is 1. The molecule has 0 radical (unpaired) electrons. The van der Waals surface area contributed by atoms with Crippen molar-refractivity contribution in [3.8, 4) is 0 Å². The maximum atomic E-state index is 10.5. The van der Waals surface area contributed by atoms with Gasteiger partial charge in [0.25, 0.3) is 0 Å². The fraction of sp³-hybridized carbons (Fsp3) is 0. The van der Waals surface area contributed by atoms with Gasteiger partial charge in [-0.15, -0.1) is 0 Å². The zero-order valence-electron chi connectivity index (χ0n) is 6.39. The number of aromatic carboxylic acids is 1. The van der Waals surface area contributed by atoms with Gasteiger partial charge in [-0.3, -0.25) is 10.3 Å². The minimum Gasteiger partial charge on any atom is -0.478 e. The molecule has 0 atom stereocenters. The summed E-state index contributed by atoms with van der Waals surface area (Å²) in [5.41, 5.74) is -0.167. The lowest BCUT2D eigenvalue weighted by atomic mass is 10.2. The van der Waals surface area contributed by atoms with Crippen LogP contribution < -0.4 is 5.32 Å². The maximum absolute atomic E-state index is 10.5. The number of nitrogens with zero attached hydrogens (tertiary/aromatic N) is 1. The summed E-state index contributed by atoms with van der Waals surface area (Å²) in [5.74, 6) is -1.23. The van der Waals surface area contributed by atoms with Crippen LogP contribution in [0, 0.1) is 0 Å². The van der Waals surface area contributed by atoms with Gasteiger partial charge in [0, 0.05) is 12.4 Å². The quantitative estimate of drug-likeness (QED) is 0.630. The molecule has 0 saturated carbocycles. The normalized spacial score (nSPS) is 9.23. The van der Waals surface area contributed by atoms with Crippen LogP contribution in [0.1, 0.15) is 10.4 Å². The molecule has 3 N–H and O–H groups in total. The number of amides is 1. The molecule has 1 aromatic heterocycles. The van der Waals surface area contributed by atoms with E-state index in [0.29, 0.717) is 0 Å². The molecule has 0 aliphatic rings. The molecule has 0 aliphatic heterocycles. The number of anilines is 1. The Hall–Kier alpha value is -2.11. The first kappa shape index (κ1) is 8.98. The number of carboxylic acid groups (broad SMARTS) is 2. The number of rotatable bonds is 2. The van der Waals surface area contributed by atoms with E-state index >= 15 is 0 Å². The molecular weight excluding hydrogens is 176 g/mol. The summed E-state index contributed by atoms with van der Waals surface area (Å²) in [7, 11) is 0. The van der Waals surface area contributed by atoms with Crippen LogP contribution in [0.3, 0.4) is 0 Å². The van der Waals surface area contributed by atoms with Gasteiger partial charge >= 0.3 is 12.1 Å². The molecule has 0 unspecified atom stereocenters. The van der Waals surface area contributed by atoms with Crippen molar-refractivity contribution in [3.63, 3.8) is 0 Å². The predicted molar refractivity (Wildman–Crippen MR) is 42.8 cm³/mol. The SMILES string of the molecule is O=C(O)Nc1ccncc1C(=O)O. The van der Waals surface area contributed by atoms with Crippen LogP contribution >= 0.6 is 0 Å². The Morgan fingerprint density at radius 1 is 1.38 bits per heavy atom. The minimum absolute atomic E-state index is 0.00926. The maximum Gasteiger partial charge on any atom is 0.409 e. The molecule has 0 aromatic carbocycles. The molecule has 6 nitrogen and oxygen atoms in total. The smallest absolute Gasteiger partial charge is 0.409 e. The third-order valence-electron chi connectivity index (χ3n) is 1.29. The molecule has 1 aromatic rings. The standard InChI is InChI=1S/C7H6N2O4/c10-6(11)4-3-8-2-1-5(4)9-7(12)13/h1-3H,(H,8,9)(H,10,11)(H,12,13). The van der Waals surface area contributed by atoms with Gasteiger partial charge in [-0.25, -0.2) is 9.59 Å². The molecule has 0 bridgehead atoms. The third-order valence-corrected chi connectivity index (χ3v) is 1.29. The first-order valence-electron chi connectivity index (χ1n) is 3.28. The second kappa shape index (κ2) is 3.53. The van der Waals surface area contributed by atoms with Gasteiger partial charge in [-0.2, -0.15) is 0 Å². The first-order valence-corrected chi connectivity index (χ1v) is 3.28. The van der Waals surface area contributed by atoms with E-state index in [1.807, 2.05) is 5.32 Å². The lowest BCUT2D eigenvalue weighted by molar-refractivity contribution is 0.0697. The Morgan fingerprint density at radius 3 is 2.62 bits per heavy atom. The lowest BCUT2D eigenvalue weighted by Gasteiger charge is -2.02. The van der Waals surface area contributed by atoms with E-state index in [-0.39, 0.29) is 11.3 Å². The molecule has 0 fully saturated rings. The van der Waals surface area contributed by atoms with Gasteiger partial charge < -0.3 is 10.2 Å². The van der Waals surface area contributed by atoms with Crippen LogP contribution in [-0.4, -0.2) is 27.3 Å². The third kappa shape index (κ3) is 2.16. The summed E-state index contributed by atoms with van der Waals surface area (Å²) in [6.07, 6.45) is 1.07. The van der Waals surface area contributed by atoms with Crippen LogP contribution in [0.4, 0.5) is 10.5 Å². The van der Waals surface area contributed by atoms with E-state index in [4.69, 9.17) is 10.2 Å². The van der Waals surface area contributed by atoms with Crippen molar-refractivity contribution in [1.82, 2.24) is 4.98 Å². The zero-order valence-corrected chi connectivity index (χ0v) is 6.39. The zero-order chi connectivity index (χ0) is 9.84. The molecule has 0 aliphatic carbocycles. The average molecular weight is 182 g/mol. The van der Waals surface area contributed by atoms with Gasteiger partial charge in [0.15, 0.2) is 0 Å². The first-order chi connectivity index (χ1) is 6.11. The minimum atomic E-state index is -1.31. The van der Waals surface area contributed by atoms with Crippen molar-refractivity contribution in [2.75, 3.05) is 5.32 Å². The van der Waals surface area contributed by atoms with Crippen LogP contribution in [0.5, 0.6) is 0 Å². The summed E-state index contributed by atoms with van der Waals surface area (Å²) in [5, 5.41) is 18.9. The molecule has 1 heterocycles. The summed E-state index contributed by atoms with van der Waals surface area (Å²) >= 11 is 0. The van der Waals surface area contributed by atoms with Crippen molar-refractivity contribution in [1.29, 1.82) is 0 Å². The van der Waals surface area contributed by atoms with E-state index in [0.717, 1.165) is 6.20 Å². The van der Waals surface area contributed by atoms with Gasteiger partial charge in [0.1, 0.15) is 5.56 Å². The Balaban J connectivity index is 3.04. The number of carbonyl (C=O) groups is 2. The van der Waals surface area contributed by atoms with Gasteiger partial charge in [-0.1, -0.05) is 0 Å². The summed E-state index contributed by atoms with van der Waals surface area (Å²) in [6.45, 7) is 0. The van der Waals surface area contributed by atoms with Crippen LogP contribution in [0.15, 0.2) is 18.5 Å². The largest absolute Gasteiger partial charge is 0.478 e. The van der Waals surface area contributed by atoms with Crippen LogP contribution in [0.2, 0.25) is 0 Å². The summed E-state index contributed by atoms with van der Waals surface area (Å²) in [4.78, 5) is 24.3. The van der Waals surface area contributed by atoms with Crippen LogP contribution in [-0.2, 0) is 0 Å². The highest BCUT2D eigenvalue weighted by atomic mass is 16.4. The van der Waals surface area contributed by atoms with E-state index in [1.165, 1.54) is 12.3 Å². The summed E-state index contributed by atoms with van der Waals surface area (Å²) < 4.78 is 0. The van der Waals surface area contributed by atoms with Crippen molar-refractivity contribution in [3.05, 3.63) is 24.0 Å².